The van der Waals surface area contributed by atoms with Gasteiger partial charge in [-0.05, 0) is 28.6 Å². The Hall–Kier alpha value is -1.54. The molecule has 0 atom stereocenters. The van der Waals surface area contributed by atoms with Crippen LogP contribution in [0.1, 0.15) is 12.5 Å². The van der Waals surface area contributed by atoms with Crippen LogP contribution in [0.2, 0.25) is 0 Å². The van der Waals surface area contributed by atoms with Gasteiger partial charge in [0, 0.05) is 18.4 Å². The van der Waals surface area contributed by atoms with Gasteiger partial charge in [0.2, 0.25) is 5.16 Å². The zero-order chi connectivity index (χ0) is 14.4. The van der Waals surface area contributed by atoms with E-state index in [-0.39, 0.29) is 0 Å². The number of rotatable bonds is 7. The second-order valence-corrected chi connectivity index (χ2v) is 5.01. The van der Waals surface area contributed by atoms with Gasteiger partial charge in [-0.15, -0.1) is 5.10 Å². The predicted molar refractivity (Wildman–Crippen MR) is 72.3 cm³/mol. The van der Waals surface area contributed by atoms with Crippen LogP contribution >= 0.6 is 11.8 Å². The first kappa shape index (κ1) is 14.9. The standard InChI is InChI=1S/C12H15F2N5S/c1-2-15-5-6-19-12(16-17-18-19)20-8-9-3-4-10(13)7-11(9)14/h3-4,7,15H,2,5-6,8H2,1H3. The molecule has 0 aliphatic heterocycles. The number of halogens is 2. The summed E-state index contributed by atoms with van der Waals surface area (Å²) in [5.74, 6) is -0.774. The third-order valence-corrected chi connectivity index (χ3v) is 3.63. The van der Waals surface area contributed by atoms with Crippen molar-refractivity contribution in [1.82, 2.24) is 25.5 Å². The number of benzene rings is 1. The fourth-order valence-electron chi connectivity index (χ4n) is 1.58. The lowest BCUT2D eigenvalue weighted by Crippen LogP contribution is -2.20. The molecule has 5 nitrogen and oxygen atoms in total. The highest BCUT2D eigenvalue weighted by Gasteiger charge is 2.09. The summed E-state index contributed by atoms with van der Waals surface area (Å²) >= 11 is 1.32. The molecular formula is C12H15F2N5S. The van der Waals surface area contributed by atoms with Gasteiger partial charge in [0.1, 0.15) is 11.6 Å². The first-order valence-electron chi connectivity index (χ1n) is 6.24. The smallest absolute Gasteiger partial charge is 0.209 e. The number of hydrogen-bond acceptors (Lipinski definition) is 5. The van der Waals surface area contributed by atoms with Gasteiger partial charge in [-0.2, -0.15) is 0 Å². The molecular weight excluding hydrogens is 284 g/mol. The first-order valence-corrected chi connectivity index (χ1v) is 7.23. The van der Waals surface area contributed by atoms with Crippen molar-refractivity contribution in [3.63, 3.8) is 0 Å². The van der Waals surface area contributed by atoms with Crippen molar-refractivity contribution in [2.45, 2.75) is 24.4 Å². The zero-order valence-electron chi connectivity index (χ0n) is 11.0. The Morgan fingerprint density at radius 3 is 2.95 bits per heavy atom. The quantitative estimate of drug-likeness (QED) is 0.624. The van der Waals surface area contributed by atoms with E-state index in [1.54, 1.807) is 4.68 Å². The largest absolute Gasteiger partial charge is 0.315 e. The van der Waals surface area contributed by atoms with Crippen molar-refractivity contribution in [2.24, 2.45) is 0 Å². The zero-order valence-corrected chi connectivity index (χ0v) is 11.8. The van der Waals surface area contributed by atoms with E-state index in [1.807, 2.05) is 6.92 Å². The van der Waals surface area contributed by atoms with Gasteiger partial charge in [-0.3, -0.25) is 0 Å². The molecule has 0 aliphatic carbocycles. The van der Waals surface area contributed by atoms with Crippen LogP contribution in [-0.2, 0) is 12.3 Å². The fraction of sp³-hybridized carbons (Fsp3) is 0.417. The molecule has 0 unspecified atom stereocenters. The average Bonchev–Trinajstić information content (AvgIpc) is 2.86. The summed E-state index contributed by atoms with van der Waals surface area (Å²) in [4.78, 5) is 0. The van der Waals surface area contributed by atoms with E-state index in [1.165, 1.54) is 23.9 Å². The maximum atomic E-state index is 13.5. The Labute approximate surface area is 119 Å². The SMILES string of the molecule is CCNCCn1nnnc1SCc1ccc(F)cc1F. The van der Waals surface area contributed by atoms with Crippen LogP contribution in [0.25, 0.3) is 0 Å². The van der Waals surface area contributed by atoms with E-state index in [9.17, 15) is 8.78 Å². The molecule has 0 saturated heterocycles. The summed E-state index contributed by atoms with van der Waals surface area (Å²) in [7, 11) is 0. The molecule has 0 bridgehead atoms. The number of hydrogen-bond donors (Lipinski definition) is 1. The minimum Gasteiger partial charge on any atom is -0.315 e. The number of tetrazole rings is 1. The highest BCUT2D eigenvalue weighted by atomic mass is 32.2. The van der Waals surface area contributed by atoms with Crippen LogP contribution in [0.3, 0.4) is 0 Å². The van der Waals surface area contributed by atoms with E-state index in [4.69, 9.17) is 0 Å². The van der Waals surface area contributed by atoms with Crippen molar-refractivity contribution in [3.05, 3.63) is 35.4 Å². The number of likely N-dealkylation sites (N-methyl/N-ethyl adjacent to an activating group) is 1. The highest BCUT2D eigenvalue weighted by molar-refractivity contribution is 7.98. The van der Waals surface area contributed by atoms with Gasteiger partial charge in [-0.1, -0.05) is 24.8 Å². The van der Waals surface area contributed by atoms with Gasteiger partial charge in [0.25, 0.3) is 0 Å². The monoisotopic (exact) mass is 299 g/mol. The minimum absolute atomic E-state index is 0.355. The normalized spacial score (nSPS) is 10.9. The van der Waals surface area contributed by atoms with E-state index < -0.39 is 11.6 Å². The van der Waals surface area contributed by atoms with Crippen molar-refractivity contribution in [2.75, 3.05) is 13.1 Å². The third kappa shape index (κ3) is 3.97. The molecule has 0 amide bonds. The molecule has 0 saturated carbocycles. The Balaban J connectivity index is 1.95. The summed E-state index contributed by atoms with van der Waals surface area (Å²) in [5, 5.41) is 15.2. The molecule has 1 N–H and O–H groups in total. The van der Waals surface area contributed by atoms with Gasteiger partial charge in [0.15, 0.2) is 0 Å². The number of nitrogens with one attached hydrogen (secondary N) is 1. The molecule has 108 valence electrons. The molecule has 2 rings (SSSR count). The molecule has 0 fully saturated rings. The molecule has 2 aromatic rings. The minimum atomic E-state index is -0.577. The van der Waals surface area contributed by atoms with Crippen LogP contribution in [0, 0.1) is 11.6 Å². The molecule has 8 heteroatoms. The summed E-state index contributed by atoms with van der Waals surface area (Å²) in [6, 6.07) is 3.56. The highest BCUT2D eigenvalue weighted by Crippen LogP contribution is 2.22. The lowest BCUT2D eigenvalue weighted by Gasteiger charge is -2.05. The second kappa shape index (κ2) is 7.30. The van der Waals surface area contributed by atoms with Crippen molar-refractivity contribution >= 4 is 11.8 Å². The van der Waals surface area contributed by atoms with E-state index >= 15 is 0 Å². The van der Waals surface area contributed by atoms with Crippen molar-refractivity contribution in [1.29, 1.82) is 0 Å². The van der Waals surface area contributed by atoms with Crippen LogP contribution in [-0.4, -0.2) is 33.3 Å². The molecule has 1 aromatic heterocycles. The maximum absolute atomic E-state index is 13.5. The predicted octanol–water partition coefficient (Wildman–Crippen LogP) is 1.85. The van der Waals surface area contributed by atoms with E-state index in [0.717, 1.165) is 19.2 Å². The molecule has 20 heavy (non-hydrogen) atoms. The summed E-state index contributed by atoms with van der Waals surface area (Å²) in [6.07, 6.45) is 0. The van der Waals surface area contributed by atoms with Crippen LogP contribution < -0.4 is 5.32 Å². The summed E-state index contributed by atoms with van der Waals surface area (Å²) in [6.45, 7) is 4.31. The number of nitrogens with zero attached hydrogens (tertiary/aromatic N) is 4. The molecule has 0 radical (unpaired) electrons. The number of aromatic nitrogens is 4. The fourth-order valence-corrected chi connectivity index (χ4v) is 2.47. The van der Waals surface area contributed by atoms with Crippen LogP contribution in [0.15, 0.2) is 23.4 Å². The van der Waals surface area contributed by atoms with Gasteiger partial charge in [0.05, 0.1) is 6.54 Å². The Morgan fingerprint density at radius 1 is 1.35 bits per heavy atom. The Morgan fingerprint density at radius 2 is 2.20 bits per heavy atom. The van der Waals surface area contributed by atoms with E-state index in [0.29, 0.717) is 23.0 Å². The first-order chi connectivity index (χ1) is 9.70. The molecule has 1 aromatic carbocycles. The average molecular weight is 299 g/mol. The second-order valence-electron chi connectivity index (χ2n) is 4.06. The van der Waals surface area contributed by atoms with E-state index in [2.05, 4.69) is 20.8 Å². The van der Waals surface area contributed by atoms with Crippen LogP contribution in [0.5, 0.6) is 0 Å². The Bertz CT molecular complexity index is 561. The summed E-state index contributed by atoms with van der Waals surface area (Å²) in [5.41, 5.74) is 0.428. The molecule has 0 aliphatic rings. The van der Waals surface area contributed by atoms with Crippen LogP contribution in [0.4, 0.5) is 8.78 Å². The van der Waals surface area contributed by atoms with Crippen molar-refractivity contribution < 1.29 is 8.78 Å². The Kier molecular flexibility index (Phi) is 5.42. The van der Waals surface area contributed by atoms with Gasteiger partial charge >= 0.3 is 0 Å². The number of thioether (sulfide) groups is 1. The molecule has 1 heterocycles. The van der Waals surface area contributed by atoms with Crippen molar-refractivity contribution in [3.8, 4) is 0 Å². The van der Waals surface area contributed by atoms with Gasteiger partial charge in [-0.25, -0.2) is 13.5 Å². The lowest BCUT2D eigenvalue weighted by molar-refractivity contribution is 0.517. The van der Waals surface area contributed by atoms with Gasteiger partial charge < -0.3 is 5.32 Å². The molecule has 0 spiro atoms. The lowest BCUT2D eigenvalue weighted by atomic mass is 10.2. The topological polar surface area (TPSA) is 55.6 Å². The summed E-state index contributed by atoms with van der Waals surface area (Å²) < 4.78 is 28.0. The maximum Gasteiger partial charge on any atom is 0.209 e. The third-order valence-electron chi connectivity index (χ3n) is 2.62.